The number of halogens is 1. The average molecular weight is 447 g/mol. The summed E-state index contributed by atoms with van der Waals surface area (Å²) in [7, 11) is 0. The minimum atomic E-state index is -3.03. The van der Waals surface area contributed by atoms with Gasteiger partial charge in [0.2, 0.25) is 5.91 Å². The van der Waals surface area contributed by atoms with Crippen LogP contribution in [0, 0.1) is 0 Å². The number of carbonyl (C=O) groups excluding carboxylic acids is 2. The molecule has 0 radical (unpaired) electrons. The number of hydrogen-bond donors (Lipinski definition) is 4. The largest absolute Gasteiger partial charge is 0.772 e. The maximum absolute atomic E-state index is 12.1. The molecule has 2 rings (SSSR count). The normalized spacial score (nSPS) is 20.6. The van der Waals surface area contributed by atoms with Crippen molar-refractivity contribution in [2.24, 2.45) is 5.10 Å². The third kappa shape index (κ3) is 4.33. The highest BCUT2D eigenvalue weighted by Crippen LogP contribution is 2.34. The van der Waals surface area contributed by atoms with E-state index in [0.29, 0.717) is 6.21 Å². The topological polar surface area (TPSA) is 180 Å². The second-order valence-corrected chi connectivity index (χ2v) is 8.29. The lowest BCUT2D eigenvalue weighted by Crippen LogP contribution is -2.67. The van der Waals surface area contributed by atoms with E-state index >= 15 is 0 Å². The van der Waals surface area contributed by atoms with Crippen LogP contribution >= 0.6 is 11.6 Å². The van der Waals surface area contributed by atoms with E-state index in [9.17, 15) is 38.5 Å². The first-order chi connectivity index (χ1) is 13.4. The molecule has 1 saturated heterocycles. The Morgan fingerprint density at radius 1 is 1.48 bits per heavy atom. The molecule has 0 saturated carbocycles. The number of rotatable bonds is 7. The van der Waals surface area contributed by atoms with Crippen molar-refractivity contribution >= 4 is 46.7 Å². The van der Waals surface area contributed by atoms with Crippen molar-refractivity contribution in [3.05, 3.63) is 22.7 Å². The summed E-state index contributed by atoms with van der Waals surface area (Å²) in [6, 6.07) is -0.300. The Morgan fingerprint density at radius 2 is 2.10 bits per heavy atom. The molecule has 1 aromatic carbocycles. The Labute approximate surface area is 172 Å². The van der Waals surface area contributed by atoms with Crippen LogP contribution < -0.4 is 5.43 Å². The molecule has 2 amide bonds. The predicted molar refractivity (Wildman–Crippen MR) is 100 cm³/mol. The zero-order valence-corrected chi connectivity index (χ0v) is 16.7. The molecule has 1 unspecified atom stereocenters. The molecule has 0 spiro atoms. The summed E-state index contributed by atoms with van der Waals surface area (Å²) in [5, 5.41) is 31.6. The van der Waals surface area contributed by atoms with Crippen LogP contribution in [0.4, 0.5) is 0 Å². The number of aromatic hydroxyl groups is 2. The zero-order chi connectivity index (χ0) is 22.1. The molecule has 1 aromatic rings. The smallest absolute Gasteiger partial charge is 0.328 e. The molecule has 1 aliphatic rings. The highest BCUT2D eigenvalue weighted by atomic mass is 35.5. The fourth-order valence-electron chi connectivity index (χ4n) is 2.83. The van der Waals surface area contributed by atoms with Crippen LogP contribution in [0.1, 0.15) is 30.6 Å². The minimum Gasteiger partial charge on any atom is -0.772 e. The molecule has 0 aromatic heterocycles. The average Bonchev–Trinajstić information content (AvgIpc) is 2.62. The SMILES string of the molecule is C[C@@H]1CC(=O)N1[C@@H](C(=O)O)[C@](C)(/C=N/NC(=O)c1cc(O)c(O)c(Cl)c1)S(=O)[O-]. The van der Waals surface area contributed by atoms with Gasteiger partial charge < -0.3 is 24.8 Å². The molecule has 158 valence electrons. The maximum atomic E-state index is 12.1. The lowest BCUT2D eigenvalue weighted by Gasteiger charge is -2.48. The summed E-state index contributed by atoms with van der Waals surface area (Å²) < 4.78 is 21.5. The van der Waals surface area contributed by atoms with E-state index < -0.39 is 57.2 Å². The number of carboxylic acids is 1. The summed E-state index contributed by atoms with van der Waals surface area (Å²) >= 11 is 2.63. The Hall–Kier alpha value is -2.70. The monoisotopic (exact) mass is 446 g/mol. The van der Waals surface area contributed by atoms with Crippen LogP contribution in [0.5, 0.6) is 11.5 Å². The number of aliphatic carboxylic acids is 1. The molecule has 4 atom stereocenters. The Bertz CT molecular complexity index is 900. The molecule has 13 heteroatoms. The summed E-state index contributed by atoms with van der Waals surface area (Å²) in [5.41, 5.74) is 1.78. The van der Waals surface area contributed by atoms with Gasteiger partial charge in [-0.05, 0) is 37.1 Å². The quantitative estimate of drug-likeness (QED) is 0.150. The second kappa shape index (κ2) is 8.35. The molecule has 4 N–H and O–H groups in total. The first kappa shape index (κ1) is 22.6. The van der Waals surface area contributed by atoms with Crippen molar-refractivity contribution < 1.29 is 38.5 Å². The van der Waals surface area contributed by atoms with Crippen molar-refractivity contribution in [3.8, 4) is 11.5 Å². The Morgan fingerprint density at radius 3 is 2.55 bits per heavy atom. The van der Waals surface area contributed by atoms with Crippen LogP contribution in [-0.4, -0.2) is 69.8 Å². The minimum absolute atomic E-state index is 0.0876. The van der Waals surface area contributed by atoms with Gasteiger partial charge >= 0.3 is 5.97 Å². The maximum Gasteiger partial charge on any atom is 0.328 e. The molecule has 1 fully saturated rings. The van der Waals surface area contributed by atoms with E-state index in [-0.39, 0.29) is 17.0 Å². The summed E-state index contributed by atoms with van der Waals surface area (Å²) in [6.07, 6.45) is 0.789. The van der Waals surface area contributed by atoms with Gasteiger partial charge in [0, 0.05) is 24.2 Å². The van der Waals surface area contributed by atoms with Crippen LogP contribution in [-0.2, 0) is 20.7 Å². The first-order valence-corrected chi connectivity index (χ1v) is 9.54. The molecular formula is C16H17ClN3O8S-. The Kier molecular flexibility index (Phi) is 6.50. The molecule has 0 bridgehead atoms. The number of hydrazone groups is 1. The highest BCUT2D eigenvalue weighted by molar-refractivity contribution is 7.81. The van der Waals surface area contributed by atoms with Gasteiger partial charge in [-0.1, -0.05) is 11.6 Å². The molecule has 29 heavy (non-hydrogen) atoms. The number of amides is 2. The van der Waals surface area contributed by atoms with E-state index in [4.69, 9.17) is 11.6 Å². The van der Waals surface area contributed by atoms with Crippen molar-refractivity contribution in [2.45, 2.75) is 37.1 Å². The number of carboxylic acid groups (broad SMARTS) is 1. The molecular weight excluding hydrogens is 430 g/mol. The number of carbonyl (C=O) groups is 3. The van der Waals surface area contributed by atoms with Crippen molar-refractivity contribution in [2.75, 3.05) is 0 Å². The van der Waals surface area contributed by atoms with Crippen molar-refractivity contribution in [1.82, 2.24) is 10.3 Å². The van der Waals surface area contributed by atoms with Gasteiger partial charge in [-0.15, -0.1) is 0 Å². The van der Waals surface area contributed by atoms with Crippen LogP contribution in [0.25, 0.3) is 0 Å². The second-order valence-electron chi connectivity index (χ2n) is 6.54. The highest BCUT2D eigenvalue weighted by Gasteiger charge is 2.51. The van der Waals surface area contributed by atoms with Gasteiger partial charge in [0.1, 0.15) is 0 Å². The number of phenols is 2. The van der Waals surface area contributed by atoms with Gasteiger partial charge in [0.15, 0.2) is 17.5 Å². The fraction of sp³-hybridized carbons (Fsp3) is 0.375. The van der Waals surface area contributed by atoms with E-state index in [1.54, 1.807) is 6.92 Å². The van der Waals surface area contributed by atoms with Gasteiger partial charge in [-0.3, -0.25) is 13.8 Å². The number of phenolic OH excluding ortho intramolecular Hbond substituents is 2. The van der Waals surface area contributed by atoms with E-state index in [1.165, 1.54) is 0 Å². The predicted octanol–water partition coefficient (Wildman–Crippen LogP) is 0.179. The van der Waals surface area contributed by atoms with E-state index in [1.807, 2.05) is 5.43 Å². The summed E-state index contributed by atoms with van der Waals surface area (Å²) in [5.74, 6) is -4.28. The van der Waals surface area contributed by atoms with Gasteiger partial charge in [-0.2, -0.15) is 5.10 Å². The summed E-state index contributed by atoms with van der Waals surface area (Å²) in [4.78, 5) is 36.6. The molecule has 1 heterocycles. The molecule has 0 aliphatic carbocycles. The van der Waals surface area contributed by atoms with Gasteiger partial charge in [-0.25, -0.2) is 10.2 Å². The number of hydrogen-bond acceptors (Lipinski definition) is 8. The summed E-state index contributed by atoms with van der Waals surface area (Å²) in [6.45, 7) is 2.62. The van der Waals surface area contributed by atoms with Crippen LogP contribution in [0.15, 0.2) is 17.2 Å². The molecule has 1 aliphatic heterocycles. The van der Waals surface area contributed by atoms with Crippen molar-refractivity contribution in [3.63, 3.8) is 0 Å². The standard InChI is InChI=1S/C16H18ClN3O8S/c1-7-3-11(22)20(7)13(15(25)26)16(2,29(27)28)6-18-19-14(24)8-4-9(17)12(23)10(21)5-8/h4-7,13,21,23H,3H2,1-2H3,(H,19,24)(H,25,26)(H,27,28)/p-1/b18-6+/t7-,13+,16+/m1/s1. The lowest BCUT2D eigenvalue weighted by molar-refractivity contribution is -0.161. The first-order valence-electron chi connectivity index (χ1n) is 8.09. The molecule has 11 nitrogen and oxygen atoms in total. The zero-order valence-electron chi connectivity index (χ0n) is 15.2. The third-order valence-corrected chi connectivity index (χ3v) is 5.77. The van der Waals surface area contributed by atoms with Gasteiger partial charge in [0.25, 0.3) is 5.91 Å². The number of likely N-dealkylation sites (tertiary alicyclic amines) is 1. The fourth-order valence-corrected chi connectivity index (χ4v) is 3.58. The number of nitrogens with zero attached hydrogens (tertiary/aromatic N) is 2. The van der Waals surface area contributed by atoms with E-state index in [0.717, 1.165) is 24.0 Å². The third-order valence-electron chi connectivity index (χ3n) is 4.44. The van der Waals surface area contributed by atoms with Crippen LogP contribution in [0.2, 0.25) is 5.02 Å². The van der Waals surface area contributed by atoms with Crippen molar-refractivity contribution in [1.29, 1.82) is 0 Å². The number of nitrogens with one attached hydrogen (secondary N) is 1. The number of benzene rings is 1. The Balaban J connectivity index is 2.28. The van der Waals surface area contributed by atoms with Crippen LogP contribution in [0.3, 0.4) is 0 Å². The lowest BCUT2D eigenvalue weighted by atomic mass is 9.92. The number of β-lactam (4-membered cyclic amide) rings is 1. The van der Waals surface area contributed by atoms with Gasteiger partial charge in [0.05, 0.1) is 9.77 Å². The van der Waals surface area contributed by atoms with E-state index in [2.05, 4.69) is 5.10 Å².